The van der Waals surface area contributed by atoms with E-state index in [1.807, 2.05) is 0 Å². The molecule has 188 valence electrons. The van der Waals surface area contributed by atoms with Crippen molar-refractivity contribution in [2.45, 2.75) is 48.8 Å². The predicted octanol–water partition coefficient (Wildman–Crippen LogP) is 0.936. The molecular weight excluding hydrogens is 498 g/mol. The van der Waals surface area contributed by atoms with Crippen molar-refractivity contribution in [3.8, 4) is 0 Å². The molecule has 2 fully saturated rings. The second-order valence-electron chi connectivity index (χ2n) is 8.26. The van der Waals surface area contributed by atoms with Gasteiger partial charge in [-0.3, -0.25) is 14.4 Å². The number of thioether (sulfide) groups is 1. The highest BCUT2D eigenvalue weighted by Crippen LogP contribution is 2.41. The highest BCUT2D eigenvalue weighted by Gasteiger charge is 2.53. The molecule has 2 amide bonds. The number of carbonyl (C=O) groups excluding carboxylic acids is 3. The lowest BCUT2D eigenvalue weighted by Gasteiger charge is -2.48. The van der Waals surface area contributed by atoms with Gasteiger partial charge in [0, 0.05) is 11.6 Å². The maximum atomic E-state index is 12.9. The lowest BCUT2D eigenvalue weighted by molar-refractivity contribution is -0.150. The highest BCUT2D eigenvalue weighted by atomic mass is 32.2. The number of β-lactam (4-membered cyclic amide) rings is 1. The first-order chi connectivity index (χ1) is 16.8. The zero-order valence-electron chi connectivity index (χ0n) is 18.8. The van der Waals surface area contributed by atoms with Crippen LogP contribution in [0.25, 0.3) is 0 Å². The molecule has 12 nitrogen and oxygen atoms in total. The Balaban J connectivity index is 1.44. The van der Waals surface area contributed by atoms with Crippen LogP contribution in [0.15, 0.2) is 22.3 Å². The van der Waals surface area contributed by atoms with Crippen molar-refractivity contribution in [1.82, 2.24) is 15.2 Å². The number of hydrogen-bond donors (Lipinski definition) is 3. The number of nitrogens with two attached hydrogens (primary N) is 1. The largest absolute Gasteiger partial charge is 0.478 e. The molecule has 1 aromatic rings. The molecule has 35 heavy (non-hydrogen) atoms. The Bertz CT molecular complexity index is 1080. The minimum atomic E-state index is -1.20. The van der Waals surface area contributed by atoms with Gasteiger partial charge in [0.25, 0.3) is 11.8 Å². The van der Waals surface area contributed by atoms with Crippen LogP contribution in [-0.2, 0) is 28.8 Å². The molecule has 0 bridgehead atoms. The van der Waals surface area contributed by atoms with E-state index in [0.717, 1.165) is 55.2 Å². The summed E-state index contributed by atoms with van der Waals surface area (Å²) < 4.78 is 5.47. The van der Waals surface area contributed by atoms with Crippen LogP contribution in [0.2, 0.25) is 0 Å². The number of nitrogen functional groups attached to an aromatic ring is 1. The van der Waals surface area contributed by atoms with Crippen LogP contribution in [0, 0.1) is 5.92 Å². The molecule has 4 N–H and O–H groups in total. The van der Waals surface area contributed by atoms with Gasteiger partial charge < -0.3 is 30.6 Å². The summed E-state index contributed by atoms with van der Waals surface area (Å²) in [6.07, 6.45) is 5.83. The van der Waals surface area contributed by atoms with Crippen molar-refractivity contribution >= 4 is 57.7 Å². The first-order valence-electron chi connectivity index (χ1n) is 11.0. The third-order valence-electron chi connectivity index (χ3n) is 6.02. The van der Waals surface area contributed by atoms with E-state index >= 15 is 0 Å². The Hall–Kier alpha value is -3.13. The van der Waals surface area contributed by atoms with Crippen molar-refractivity contribution in [3.63, 3.8) is 0 Å². The average Bonchev–Trinajstić information content (AvgIpc) is 3.29. The summed E-state index contributed by atoms with van der Waals surface area (Å²) in [5.41, 5.74) is 5.65. The van der Waals surface area contributed by atoms with Gasteiger partial charge >= 0.3 is 11.9 Å². The number of amides is 2. The van der Waals surface area contributed by atoms with Gasteiger partial charge in [0.15, 0.2) is 10.8 Å². The third kappa shape index (κ3) is 5.27. The fourth-order valence-electron chi connectivity index (χ4n) is 4.21. The Morgan fingerprint density at radius 2 is 2.06 bits per heavy atom. The van der Waals surface area contributed by atoms with E-state index in [0.29, 0.717) is 0 Å². The van der Waals surface area contributed by atoms with Gasteiger partial charge in [-0.05, 0) is 12.8 Å². The van der Waals surface area contributed by atoms with Gasteiger partial charge in [0.1, 0.15) is 30.8 Å². The average molecular weight is 524 g/mol. The summed E-state index contributed by atoms with van der Waals surface area (Å²) in [7, 11) is 1.27. The molecule has 14 heteroatoms. The maximum absolute atomic E-state index is 12.9. The van der Waals surface area contributed by atoms with Gasteiger partial charge in [-0.15, -0.1) is 23.1 Å². The molecule has 0 aromatic carbocycles. The van der Waals surface area contributed by atoms with Gasteiger partial charge in [-0.1, -0.05) is 24.4 Å². The van der Waals surface area contributed by atoms with Crippen molar-refractivity contribution in [2.75, 3.05) is 19.5 Å². The van der Waals surface area contributed by atoms with E-state index in [4.69, 9.17) is 15.3 Å². The van der Waals surface area contributed by atoms with Gasteiger partial charge in [0.05, 0.1) is 16.7 Å². The number of oxime groups is 1. The van der Waals surface area contributed by atoms with Crippen molar-refractivity contribution in [2.24, 2.45) is 11.1 Å². The van der Waals surface area contributed by atoms with E-state index in [1.165, 1.54) is 23.6 Å². The SMILES string of the molecule is CON=C(C(=O)NC1C(=O)N2C=C(C(=O)O)C(COC(=O)C3CCCCC3)S[C@H]12)c1csc(N)n1. The number of hydrogen-bond acceptors (Lipinski definition) is 11. The first-order valence-corrected chi connectivity index (χ1v) is 12.8. The molecule has 0 radical (unpaired) electrons. The van der Waals surface area contributed by atoms with Crippen LogP contribution in [0.5, 0.6) is 0 Å². The number of carboxylic acids is 1. The lowest BCUT2D eigenvalue weighted by Crippen LogP contribution is -2.69. The number of rotatable bonds is 8. The Kier molecular flexibility index (Phi) is 7.60. The summed E-state index contributed by atoms with van der Waals surface area (Å²) >= 11 is 2.27. The van der Waals surface area contributed by atoms with E-state index in [9.17, 15) is 24.3 Å². The normalized spacial score (nSPS) is 24.7. The summed E-state index contributed by atoms with van der Waals surface area (Å²) in [5.74, 6) is -2.85. The number of aliphatic carboxylic acids is 1. The number of fused-ring (bicyclic) bond motifs is 1. The van der Waals surface area contributed by atoms with Crippen LogP contribution in [0.4, 0.5) is 5.13 Å². The lowest BCUT2D eigenvalue weighted by atomic mass is 9.89. The number of ether oxygens (including phenoxy) is 1. The van der Waals surface area contributed by atoms with Crippen LogP contribution < -0.4 is 11.1 Å². The number of thiazole rings is 1. The number of esters is 1. The molecule has 2 unspecified atom stereocenters. The summed E-state index contributed by atoms with van der Waals surface area (Å²) in [6.45, 7) is -0.133. The highest BCUT2D eigenvalue weighted by molar-refractivity contribution is 8.01. The Morgan fingerprint density at radius 3 is 2.69 bits per heavy atom. The molecule has 0 spiro atoms. The molecule has 4 rings (SSSR count). The fourth-order valence-corrected chi connectivity index (χ4v) is 6.19. The molecule has 3 atom stereocenters. The van der Waals surface area contributed by atoms with E-state index in [2.05, 4.69) is 15.5 Å². The van der Waals surface area contributed by atoms with Gasteiger partial charge in [0.2, 0.25) is 0 Å². The fraction of sp³-hybridized carbons (Fsp3) is 0.524. The molecule has 2 aliphatic heterocycles. The monoisotopic (exact) mass is 523 g/mol. The number of carbonyl (C=O) groups is 4. The molecular formula is C21H25N5O7S2. The second kappa shape index (κ2) is 10.6. The van der Waals surface area contributed by atoms with Crippen LogP contribution in [-0.4, -0.2) is 74.8 Å². The molecule has 1 aliphatic carbocycles. The Morgan fingerprint density at radius 1 is 1.31 bits per heavy atom. The maximum Gasteiger partial charge on any atom is 0.334 e. The van der Waals surface area contributed by atoms with Crippen molar-refractivity contribution in [3.05, 3.63) is 22.8 Å². The first kappa shape index (κ1) is 25.0. The van der Waals surface area contributed by atoms with Crippen LogP contribution in [0.1, 0.15) is 37.8 Å². The summed E-state index contributed by atoms with van der Waals surface area (Å²) in [6, 6.07) is -0.936. The zero-order chi connectivity index (χ0) is 25.1. The topological polar surface area (TPSA) is 174 Å². The number of aromatic nitrogens is 1. The van der Waals surface area contributed by atoms with Crippen LogP contribution in [0.3, 0.4) is 0 Å². The predicted molar refractivity (Wildman–Crippen MR) is 127 cm³/mol. The zero-order valence-corrected chi connectivity index (χ0v) is 20.5. The quantitative estimate of drug-likeness (QED) is 0.192. The number of nitrogens with one attached hydrogen (secondary N) is 1. The Labute approximate surface area is 208 Å². The molecule has 3 heterocycles. The molecule has 1 aromatic heterocycles. The summed E-state index contributed by atoms with van der Waals surface area (Å²) in [5, 5.41) is 16.5. The third-order valence-corrected chi connectivity index (χ3v) is 8.19. The van der Waals surface area contributed by atoms with E-state index in [-0.39, 0.29) is 40.6 Å². The van der Waals surface area contributed by atoms with Gasteiger partial charge in [-0.25, -0.2) is 9.78 Å². The standard InChI is InChI=1S/C21H25N5O7S2/c1-32-25-14(12-9-34-21(22)23-12)16(27)24-15-17(28)26-7-11(19(29)30)13(35-18(15)26)8-33-20(31)10-5-3-2-4-6-10/h7,9-10,13,15,18H,2-6,8H2,1H3,(H2,22,23)(H,24,27)(H,29,30)/t13?,15?,18-/m1/s1. The molecule has 1 saturated heterocycles. The van der Waals surface area contributed by atoms with Crippen molar-refractivity contribution < 1.29 is 33.9 Å². The van der Waals surface area contributed by atoms with Gasteiger partial charge in [-0.2, -0.15) is 0 Å². The number of anilines is 1. The molecule has 1 saturated carbocycles. The minimum absolute atomic E-state index is 0.0413. The minimum Gasteiger partial charge on any atom is -0.478 e. The van der Waals surface area contributed by atoms with Crippen molar-refractivity contribution in [1.29, 1.82) is 0 Å². The van der Waals surface area contributed by atoms with Crippen LogP contribution >= 0.6 is 23.1 Å². The smallest absolute Gasteiger partial charge is 0.334 e. The second-order valence-corrected chi connectivity index (χ2v) is 10.5. The molecule has 3 aliphatic rings. The number of nitrogens with zero attached hydrogens (tertiary/aromatic N) is 3. The van der Waals surface area contributed by atoms with E-state index < -0.39 is 34.4 Å². The number of carboxylic acid groups (broad SMARTS) is 1. The summed E-state index contributed by atoms with van der Waals surface area (Å²) in [4.78, 5) is 59.8. The van der Waals surface area contributed by atoms with E-state index in [1.54, 1.807) is 0 Å².